The van der Waals surface area contributed by atoms with Crippen LogP contribution in [0.4, 0.5) is 10.5 Å². The Balaban J connectivity index is 1.87. The smallest absolute Gasteiger partial charge is 0.410 e. The van der Waals surface area contributed by atoms with E-state index in [9.17, 15) is 24.8 Å². The van der Waals surface area contributed by atoms with Crippen LogP contribution in [0.2, 0.25) is 0 Å². The molecule has 0 bridgehead atoms. The first-order chi connectivity index (χ1) is 11.9. The summed E-state index contributed by atoms with van der Waals surface area (Å²) in [4.78, 5) is 34.6. The van der Waals surface area contributed by atoms with Crippen LogP contribution in [-0.2, 0) is 16.1 Å². The molecule has 25 heavy (non-hydrogen) atoms. The van der Waals surface area contributed by atoms with Gasteiger partial charge in [-0.05, 0) is 24.1 Å². The fourth-order valence-electron chi connectivity index (χ4n) is 2.51. The molecule has 2 amide bonds. The summed E-state index contributed by atoms with van der Waals surface area (Å²) in [5.74, 6) is 0.195. The van der Waals surface area contributed by atoms with Crippen molar-refractivity contribution in [3.05, 3.63) is 39.9 Å². The van der Waals surface area contributed by atoms with Crippen LogP contribution < -0.4 is 5.73 Å². The number of carbonyl (C=O) groups excluding carboxylic acids is 2. The highest BCUT2D eigenvalue weighted by molar-refractivity contribution is 7.99. The van der Waals surface area contributed by atoms with E-state index in [2.05, 4.69) is 0 Å². The minimum atomic E-state index is -0.633. The summed E-state index contributed by atoms with van der Waals surface area (Å²) in [6.07, 6.45) is -0.788. The molecule has 1 saturated heterocycles. The van der Waals surface area contributed by atoms with Gasteiger partial charge in [-0.1, -0.05) is 0 Å². The summed E-state index contributed by atoms with van der Waals surface area (Å²) in [6, 6.07) is 5.48. The average molecular weight is 369 g/mol. The summed E-state index contributed by atoms with van der Waals surface area (Å²) in [5.41, 5.74) is 5.67. The maximum Gasteiger partial charge on any atom is 0.410 e. The van der Waals surface area contributed by atoms with Crippen LogP contribution in [0.3, 0.4) is 0 Å². The van der Waals surface area contributed by atoms with E-state index in [1.807, 2.05) is 0 Å². The molecular weight excluding hydrogens is 350 g/mol. The molecule has 136 valence electrons. The van der Waals surface area contributed by atoms with Crippen molar-refractivity contribution in [2.45, 2.75) is 25.2 Å². The first-order valence-electron chi connectivity index (χ1n) is 7.57. The lowest BCUT2D eigenvalue weighted by atomic mass is 10.2. The Morgan fingerprint density at radius 2 is 2.08 bits per heavy atom. The largest absolute Gasteiger partial charge is 0.445 e. The number of hydrogen-bond donors (Lipinski definition) is 2. The molecule has 0 aromatic heterocycles. The van der Waals surface area contributed by atoms with E-state index in [0.29, 0.717) is 17.7 Å². The predicted molar refractivity (Wildman–Crippen MR) is 90.9 cm³/mol. The highest BCUT2D eigenvalue weighted by Gasteiger charge is 2.35. The van der Waals surface area contributed by atoms with Crippen molar-refractivity contribution in [1.29, 1.82) is 0 Å². The lowest BCUT2D eigenvalue weighted by Crippen LogP contribution is -2.38. The Morgan fingerprint density at radius 3 is 2.68 bits per heavy atom. The van der Waals surface area contributed by atoms with E-state index in [0.717, 1.165) is 0 Å². The molecule has 0 radical (unpaired) electrons. The molecular formula is C15H19N3O6S. The zero-order chi connectivity index (χ0) is 18.4. The molecule has 9 nitrogen and oxygen atoms in total. The monoisotopic (exact) mass is 369 g/mol. The van der Waals surface area contributed by atoms with Gasteiger partial charge in [-0.2, -0.15) is 0 Å². The van der Waals surface area contributed by atoms with Crippen LogP contribution in [-0.4, -0.2) is 57.1 Å². The molecule has 10 heteroatoms. The van der Waals surface area contributed by atoms with Gasteiger partial charge in [0.1, 0.15) is 6.61 Å². The zero-order valence-corrected chi connectivity index (χ0v) is 14.2. The van der Waals surface area contributed by atoms with Gasteiger partial charge in [0, 0.05) is 23.9 Å². The van der Waals surface area contributed by atoms with Crippen molar-refractivity contribution in [1.82, 2.24) is 4.90 Å². The lowest BCUT2D eigenvalue weighted by Gasteiger charge is -2.23. The average Bonchev–Trinajstić information content (AvgIpc) is 2.93. The molecule has 0 saturated carbocycles. The third kappa shape index (κ3) is 5.61. The van der Waals surface area contributed by atoms with Crippen molar-refractivity contribution < 1.29 is 24.4 Å². The number of non-ortho nitro benzene ring substituents is 1. The quantitative estimate of drug-likeness (QED) is 0.538. The molecule has 1 aromatic carbocycles. The van der Waals surface area contributed by atoms with E-state index in [1.165, 1.54) is 40.9 Å². The van der Waals surface area contributed by atoms with Gasteiger partial charge in [0.05, 0.1) is 23.3 Å². The molecule has 1 aromatic rings. The number of thioether (sulfide) groups is 1. The maximum absolute atomic E-state index is 12.2. The van der Waals surface area contributed by atoms with Crippen LogP contribution in [0.1, 0.15) is 12.0 Å². The normalized spacial score (nSPS) is 19.6. The standard InChI is InChI=1S/C15H19N3O6S/c16-14(20)9-25-8-12-5-13(19)6-17(12)15(21)24-7-10-1-3-11(4-2-10)18(22)23/h1-4,12-13,19H,5-9H2,(H2,16,20). The second-order valence-electron chi connectivity index (χ2n) is 5.66. The summed E-state index contributed by atoms with van der Waals surface area (Å²) in [6.45, 7) is 0.144. The van der Waals surface area contributed by atoms with E-state index >= 15 is 0 Å². The minimum absolute atomic E-state index is 0.0232. The van der Waals surface area contributed by atoms with Gasteiger partial charge in [-0.3, -0.25) is 14.9 Å². The number of aliphatic hydroxyl groups is 1. The number of nitro groups is 1. The van der Waals surface area contributed by atoms with Gasteiger partial charge in [0.2, 0.25) is 5.91 Å². The van der Waals surface area contributed by atoms with Gasteiger partial charge in [-0.25, -0.2) is 4.79 Å². The molecule has 0 spiro atoms. The maximum atomic E-state index is 12.2. The number of β-amino-alcohol motifs (C(OH)–C–C–N with tert-alkyl or cyclic N) is 1. The van der Waals surface area contributed by atoms with Crippen LogP contribution >= 0.6 is 11.8 Å². The van der Waals surface area contributed by atoms with E-state index < -0.39 is 23.0 Å². The van der Waals surface area contributed by atoms with Crippen LogP contribution in [0.25, 0.3) is 0 Å². The number of nitrogens with zero attached hydrogens (tertiary/aromatic N) is 2. The van der Waals surface area contributed by atoms with Crippen molar-refractivity contribution in [3.8, 4) is 0 Å². The number of primary amides is 1. The van der Waals surface area contributed by atoms with Crippen molar-refractivity contribution in [2.75, 3.05) is 18.1 Å². The summed E-state index contributed by atoms with van der Waals surface area (Å²) in [5, 5.41) is 20.4. The Labute approximate surface area is 148 Å². The number of nitrogens with two attached hydrogens (primary N) is 1. The molecule has 1 fully saturated rings. The Bertz CT molecular complexity index is 639. The Hall–Kier alpha value is -2.33. The first kappa shape index (κ1) is 19.0. The van der Waals surface area contributed by atoms with Gasteiger partial charge < -0.3 is 20.5 Å². The third-order valence-electron chi connectivity index (χ3n) is 3.69. The Kier molecular flexibility index (Phi) is 6.59. The summed E-state index contributed by atoms with van der Waals surface area (Å²) < 4.78 is 5.22. The van der Waals surface area contributed by atoms with Crippen LogP contribution in [0.5, 0.6) is 0 Å². The molecule has 2 unspecified atom stereocenters. The SMILES string of the molecule is NC(=O)CSCC1CC(O)CN1C(=O)OCc1ccc([N+](=O)[O-])cc1. The predicted octanol–water partition coefficient (Wildman–Crippen LogP) is 0.885. The summed E-state index contributed by atoms with van der Waals surface area (Å²) in [7, 11) is 0. The molecule has 3 N–H and O–H groups in total. The number of hydrogen-bond acceptors (Lipinski definition) is 7. The van der Waals surface area contributed by atoms with E-state index in [1.54, 1.807) is 0 Å². The van der Waals surface area contributed by atoms with Crippen molar-refractivity contribution >= 4 is 29.4 Å². The van der Waals surface area contributed by atoms with Crippen molar-refractivity contribution in [2.24, 2.45) is 5.73 Å². The van der Waals surface area contributed by atoms with Crippen molar-refractivity contribution in [3.63, 3.8) is 0 Å². The number of aliphatic hydroxyl groups excluding tert-OH is 1. The lowest BCUT2D eigenvalue weighted by molar-refractivity contribution is -0.384. The molecule has 1 aliphatic rings. The number of carbonyl (C=O) groups is 2. The van der Waals surface area contributed by atoms with Crippen LogP contribution in [0, 0.1) is 10.1 Å². The fraction of sp³-hybridized carbons (Fsp3) is 0.467. The number of rotatable bonds is 7. The molecule has 0 aliphatic carbocycles. The zero-order valence-electron chi connectivity index (χ0n) is 13.4. The molecule has 1 aliphatic heterocycles. The number of benzene rings is 1. The second-order valence-corrected chi connectivity index (χ2v) is 6.69. The van der Waals surface area contributed by atoms with E-state index in [-0.39, 0.29) is 30.6 Å². The number of nitro benzene ring substituents is 1. The second kappa shape index (κ2) is 8.67. The van der Waals surface area contributed by atoms with E-state index in [4.69, 9.17) is 10.5 Å². The minimum Gasteiger partial charge on any atom is -0.445 e. The summed E-state index contributed by atoms with van der Waals surface area (Å²) >= 11 is 1.30. The first-order valence-corrected chi connectivity index (χ1v) is 8.73. The van der Waals surface area contributed by atoms with Gasteiger partial charge in [-0.15, -0.1) is 11.8 Å². The number of ether oxygens (including phenoxy) is 1. The Morgan fingerprint density at radius 1 is 1.40 bits per heavy atom. The molecule has 2 atom stereocenters. The highest BCUT2D eigenvalue weighted by atomic mass is 32.2. The van der Waals surface area contributed by atoms with Gasteiger partial charge in [0.15, 0.2) is 0 Å². The van der Waals surface area contributed by atoms with Crippen LogP contribution in [0.15, 0.2) is 24.3 Å². The number of amides is 2. The molecule has 2 rings (SSSR count). The third-order valence-corrected chi connectivity index (χ3v) is 4.80. The van der Waals surface area contributed by atoms with Gasteiger partial charge in [0.25, 0.3) is 5.69 Å². The number of likely N-dealkylation sites (tertiary alicyclic amines) is 1. The topological polar surface area (TPSA) is 136 Å². The highest BCUT2D eigenvalue weighted by Crippen LogP contribution is 2.23. The van der Waals surface area contributed by atoms with Gasteiger partial charge >= 0.3 is 6.09 Å². The fourth-order valence-corrected chi connectivity index (χ4v) is 3.42. The molecule has 1 heterocycles.